The topological polar surface area (TPSA) is 71.7 Å². The van der Waals surface area contributed by atoms with Gasteiger partial charge in [0.15, 0.2) is 5.88 Å². The SMILES string of the molecule is COc1ccc(Nc2ccc(C(=O)O)o2)cc1Br. The Morgan fingerprint density at radius 2 is 2.17 bits per heavy atom. The fourth-order valence-electron chi connectivity index (χ4n) is 1.41. The van der Waals surface area contributed by atoms with Crippen LogP contribution >= 0.6 is 15.9 Å². The third kappa shape index (κ3) is 2.65. The first-order chi connectivity index (χ1) is 8.60. The van der Waals surface area contributed by atoms with Crippen LogP contribution in [0.3, 0.4) is 0 Å². The van der Waals surface area contributed by atoms with Crippen LogP contribution in [0.15, 0.2) is 39.2 Å². The van der Waals surface area contributed by atoms with E-state index in [1.165, 1.54) is 6.07 Å². The van der Waals surface area contributed by atoms with Gasteiger partial charge in [-0.25, -0.2) is 4.79 Å². The third-order valence-electron chi connectivity index (χ3n) is 2.24. The Bertz CT molecular complexity index is 579. The molecule has 2 aromatic rings. The van der Waals surface area contributed by atoms with E-state index in [4.69, 9.17) is 14.3 Å². The molecule has 94 valence electrons. The summed E-state index contributed by atoms with van der Waals surface area (Å²) in [6.07, 6.45) is 0. The number of ether oxygens (including phenoxy) is 1. The number of rotatable bonds is 4. The average molecular weight is 312 g/mol. The number of anilines is 2. The molecule has 0 radical (unpaired) electrons. The molecule has 6 heteroatoms. The molecule has 5 nitrogen and oxygen atoms in total. The van der Waals surface area contributed by atoms with E-state index >= 15 is 0 Å². The molecule has 2 N–H and O–H groups in total. The fraction of sp³-hybridized carbons (Fsp3) is 0.0833. The number of carbonyl (C=O) groups is 1. The van der Waals surface area contributed by atoms with Crippen molar-refractivity contribution in [2.75, 3.05) is 12.4 Å². The van der Waals surface area contributed by atoms with Gasteiger partial charge in [-0.2, -0.15) is 0 Å². The number of halogens is 1. The molecular formula is C12H10BrNO4. The van der Waals surface area contributed by atoms with Gasteiger partial charge in [-0.1, -0.05) is 0 Å². The molecule has 0 spiro atoms. The van der Waals surface area contributed by atoms with Crippen LogP contribution in [-0.2, 0) is 0 Å². The zero-order valence-corrected chi connectivity index (χ0v) is 11.0. The summed E-state index contributed by atoms with van der Waals surface area (Å²) in [4.78, 5) is 10.7. The molecule has 0 aliphatic carbocycles. The predicted molar refractivity (Wildman–Crippen MR) is 69.6 cm³/mol. The molecule has 0 bridgehead atoms. The Morgan fingerprint density at radius 1 is 1.39 bits per heavy atom. The molecular weight excluding hydrogens is 302 g/mol. The number of hydrogen-bond acceptors (Lipinski definition) is 4. The largest absolute Gasteiger partial charge is 0.496 e. The van der Waals surface area contributed by atoms with Crippen LogP contribution in [0.2, 0.25) is 0 Å². The zero-order valence-electron chi connectivity index (χ0n) is 9.44. The molecule has 0 aliphatic rings. The van der Waals surface area contributed by atoms with Gasteiger partial charge in [0.1, 0.15) is 5.75 Å². The van der Waals surface area contributed by atoms with Crippen molar-refractivity contribution in [3.63, 3.8) is 0 Å². The molecule has 0 atom stereocenters. The minimum atomic E-state index is -1.10. The maximum atomic E-state index is 10.7. The van der Waals surface area contributed by atoms with E-state index in [1.54, 1.807) is 25.3 Å². The number of aromatic carboxylic acids is 1. The van der Waals surface area contributed by atoms with Gasteiger partial charge < -0.3 is 19.6 Å². The summed E-state index contributed by atoms with van der Waals surface area (Å²) >= 11 is 3.36. The summed E-state index contributed by atoms with van der Waals surface area (Å²) in [5, 5.41) is 11.7. The lowest BCUT2D eigenvalue weighted by Crippen LogP contribution is -1.93. The van der Waals surface area contributed by atoms with E-state index in [0.717, 1.165) is 10.2 Å². The summed E-state index contributed by atoms with van der Waals surface area (Å²) in [6.45, 7) is 0. The van der Waals surface area contributed by atoms with Gasteiger partial charge in [-0.05, 0) is 40.2 Å². The minimum Gasteiger partial charge on any atom is -0.496 e. The van der Waals surface area contributed by atoms with Crippen molar-refractivity contribution < 1.29 is 19.1 Å². The van der Waals surface area contributed by atoms with Crippen LogP contribution in [0.25, 0.3) is 0 Å². The van der Waals surface area contributed by atoms with E-state index in [9.17, 15) is 4.79 Å². The number of benzene rings is 1. The Morgan fingerprint density at radius 3 is 2.72 bits per heavy atom. The second kappa shape index (κ2) is 5.14. The second-order valence-corrected chi connectivity index (χ2v) is 4.30. The van der Waals surface area contributed by atoms with Crippen molar-refractivity contribution in [3.8, 4) is 5.75 Å². The number of furan rings is 1. The molecule has 0 saturated heterocycles. The van der Waals surface area contributed by atoms with Gasteiger partial charge in [-0.15, -0.1) is 0 Å². The van der Waals surface area contributed by atoms with Gasteiger partial charge >= 0.3 is 5.97 Å². The maximum absolute atomic E-state index is 10.7. The molecule has 0 amide bonds. The average Bonchev–Trinajstić information content (AvgIpc) is 2.78. The summed E-state index contributed by atoms with van der Waals surface area (Å²) in [5.74, 6) is -0.125. The summed E-state index contributed by atoms with van der Waals surface area (Å²) in [5.41, 5.74) is 0.758. The van der Waals surface area contributed by atoms with Crippen molar-refractivity contribution in [1.29, 1.82) is 0 Å². The van der Waals surface area contributed by atoms with Crippen LogP contribution in [0.5, 0.6) is 5.75 Å². The lowest BCUT2D eigenvalue weighted by Gasteiger charge is -2.06. The van der Waals surface area contributed by atoms with Gasteiger partial charge in [0, 0.05) is 11.8 Å². The Balaban J connectivity index is 2.18. The molecule has 1 heterocycles. The first-order valence-corrected chi connectivity index (χ1v) is 5.83. The molecule has 1 aromatic heterocycles. The van der Waals surface area contributed by atoms with Crippen molar-refractivity contribution in [3.05, 3.63) is 40.6 Å². The number of carboxylic acids is 1. The zero-order chi connectivity index (χ0) is 13.1. The van der Waals surface area contributed by atoms with Crippen molar-refractivity contribution in [1.82, 2.24) is 0 Å². The second-order valence-electron chi connectivity index (χ2n) is 3.44. The van der Waals surface area contributed by atoms with Crippen molar-refractivity contribution in [2.45, 2.75) is 0 Å². The standard InChI is InChI=1S/C12H10BrNO4/c1-17-9-3-2-7(6-8(9)13)14-11-5-4-10(18-11)12(15)16/h2-6,14H,1H3,(H,15,16). The molecule has 0 fully saturated rings. The van der Waals surface area contributed by atoms with Crippen molar-refractivity contribution >= 4 is 33.5 Å². The monoisotopic (exact) mass is 311 g/mol. The predicted octanol–water partition coefficient (Wildman–Crippen LogP) is 3.49. The highest BCUT2D eigenvalue weighted by Crippen LogP contribution is 2.29. The highest BCUT2D eigenvalue weighted by atomic mass is 79.9. The van der Waals surface area contributed by atoms with Crippen LogP contribution in [-0.4, -0.2) is 18.2 Å². The minimum absolute atomic E-state index is 0.106. The van der Waals surface area contributed by atoms with Crippen LogP contribution in [0.4, 0.5) is 11.6 Å². The quantitative estimate of drug-likeness (QED) is 0.904. The van der Waals surface area contributed by atoms with E-state index in [2.05, 4.69) is 21.2 Å². The van der Waals surface area contributed by atoms with E-state index in [0.29, 0.717) is 11.6 Å². The first-order valence-electron chi connectivity index (χ1n) is 5.04. The Kier molecular flexibility index (Phi) is 3.57. The number of nitrogens with one attached hydrogen (secondary N) is 1. The van der Waals surface area contributed by atoms with Crippen LogP contribution in [0, 0.1) is 0 Å². The van der Waals surface area contributed by atoms with Gasteiger partial charge in [0.05, 0.1) is 11.6 Å². The van der Waals surface area contributed by atoms with Gasteiger partial charge in [-0.3, -0.25) is 0 Å². The van der Waals surface area contributed by atoms with Crippen molar-refractivity contribution in [2.24, 2.45) is 0 Å². The summed E-state index contributed by atoms with van der Waals surface area (Å²) in [7, 11) is 1.58. The lowest BCUT2D eigenvalue weighted by molar-refractivity contribution is 0.0663. The number of carboxylic acid groups (broad SMARTS) is 1. The highest BCUT2D eigenvalue weighted by molar-refractivity contribution is 9.10. The lowest BCUT2D eigenvalue weighted by atomic mass is 10.3. The van der Waals surface area contributed by atoms with Crippen LogP contribution in [0.1, 0.15) is 10.6 Å². The molecule has 0 saturated carbocycles. The molecule has 1 aromatic carbocycles. The Hall–Kier alpha value is -1.95. The third-order valence-corrected chi connectivity index (χ3v) is 2.86. The van der Waals surface area contributed by atoms with E-state index < -0.39 is 5.97 Å². The highest BCUT2D eigenvalue weighted by Gasteiger charge is 2.09. The van der Waals surface area contributed by atoms with E-state index in [-0.39, 0.29) is 5.76 Å². The summed E-state index contributed by atoms with van der Waals surface area (Å²) < 4.78 is 11.0. The molecule has 18 heavy (non-hydrogen) atoms. The Labute approximate surface area is 111 Å². The van der Waals surface area contributed by atoms with E-state index in [1.807, 2.05) is 6.07 Å². The normalized spacial score (nSPS) is 10.1. The molecule has 0 aliphatic heterocycles. The number of hydrogen-bond donors (Lipinski definition) is 2. The maximum Gasteiger partial charge on any atom is 0.371 e. The van der Waals surface area contributed by atoms with Crippen LogP contribution < -0.4 is 10.1 Å². The molecule has 0 unspecified atom stereocenters. The molecule has 2 rings (SSSR count). The smallest absolute Gasteiger partial charge is 0.371 e. The summed E-state index contributed by atoms with van der Waals surface area (Å²) in [6, 6.07) is 8.34. The first kappa shape index (κ1) is 12.5. The fourth-order valence-corrected chi connectivity index (χ4v) is 1.95. The van der Waals surface area contributed by atoms with Gasteiger partial charge in [0.2, 0.25) is 5.76 Å². The number of methoxy groups -OCH3 is 1. The van der Waals surface area contributed by atoms with Gasteiger partial charge in [0.25, 0.3) is 0 Å².